The lowest BCUT2D eigenvalue weighted by molar-refractivity contribution is 0.584. The number of benzene rings is 2. The molecular formula is C14H13FN2O2S. The highest BCUT2D eigenvalue weighted by Crippen LogP contribution is 2.09. The smallest absolute Gasteiger partial charge is 0.207 e. The third-order valence-corrected chi connectivity index (χ3v) is 3.80. The predicted molar refractivity (Wildman–Crippen MR) is 75.5 cm³/mol. The summed E-state index contributed by atoms with van der Waals surface area (Å²) < 4.78 is 36.7. The minimum atomic E-state index is -3.70. The lowest BCUT2D eigenvalue weighted by Crippen LogP contribution is -2.18. The summed E-state index contributed by atoms with van der Waals surface area (Å²) in [6.45, 7) is 1.87. The molecule has 0 saturated heterocycles. The molecule has 0 saturated carbocycles. The molecule has 0 aliphatic carbocycles. The van der Waals surface area contributed by atoms with E-state index in [1.165, 1.54) is 36.5 Å². The molecule has 4 nitrogen and oxygen atoms in total. The number of nitrogens with zero attached hydrogens (tertiary/aromatic N) is 1. The predicted octanol–water partition coefficient (Wildman–Crippen LogP) is 2.45. The van der Waals surface area contributed by atoms with Gasteiger partial charge in [0.2, 0.25) is 0 Å². The number of sulfonamides is 1. The van der Waals surface area contributed by atoms with E-state index in [1.54, 1.807) is 18.2 Å². The Morgan fingerprint density at radius 1 is 1.15 bits per heavy atom. The van der Waals surface area contributed by atoms with Crippen molar-refractivity contribution in [2.24, 2.45) is 5.10 Å². The van der Waals surface area contributed by atoms with E-state index < -0.39 is 15.8 Å². The minimum absolute atomic E-state index is 0.125. The normalized spacial score (nSPS) is 11.7. The average Bonchev–Trinajstić information content (AvgIpc) is 2.39. The third-order valence-electron chi connectivity index (χ3n) is 2.57. The van der Waals surface area contributed by atoms with Crippen LogP contribution in [-0.4, -0.2) is 14.6 Å². The van der Waals surface area contributed by atoms with Crippen LogP contribution >= 0.6 is 0 Å². The van der Waals surface area contributed by atoms with Gasteiger partial charge in [-0.25, -0.2) is 9.22 Å². The van der Waals surface area contributed by atoms with Gasteiger partial charge in [-0.15, -0.1) is 0 Å². The maximum atomic E-state index is 12.9. The molecule has 20 heavy (non-hydrogen) atoms. The zero-order valence-corrected chi connectivity index (χ0v) is 11.6. The first-order valence-corrected chi connectivity index (χ1v) is 7.33. The first-order valence-electron chi connectivity index (χ1n) is 5.84. The van der Waals surface area contributed by atoms with Crippen LogP contribution in [0.25, 0.3) is 0 Å². The third kappa shape index (κ3) is 3.64. The van der Waals surface area contributed by atoms with Crippen LogP contribution in [-0.2, 0) is 10.0 Å². The van der Waals surface area contributed by atoms with Gasteiger partial charge in [0.25, 0.3) is 10.0 Å². The van der Waals surface area contributed by atoms with Gasteiger partial charge in [-0.2, -0.15) is 13.5 Å². The van der Waals surface area contributed by atoms with Crippen molar-refractivity contribution in [1.82, 2.24) is 4.83 Å². The molecule has 0 unspecified atom stereocenters. The molecule has 104 valence electrons. The van der Waals surface area contributed by atoms with Crippen molar-refractivity contribution in [3.63, 3.8) is 0 Å². The molecule has 0 aliphatic heterocycles. The van der Waals surface area contributed by atoms with Crippen molar-refractivity contribution < 1.29 is 12.8 Å². The van der Waals surface area contributed by atoms with Gasteiger partial charge in [-0.3, -0.25) is 0 Å². The molecule has 0 amide bonds. The van der Waals surface area contributed by atoms with E-state index in [0.29, 0.717) is 5.56 Å². The van der Waals surface area contributed by atoms with E-state index in [9.17, 15) is 12.8 Å². The molecule has 0 fully saturated rings. The Bertz CT molecular complexity index is 725. The molecule has 0 heterocycles. The van der Waals surface area contributed by atoms with Gasteiger partial charge < -0.3 is 0 Å². The topological polar surface area (TPSA) is 58.5 Å². The van der Waals surface area contributed by atoms with Gasteiger partial charge >= 0.3 is 0 Å². The lowest BCUT2D eigenvalue weighted by Gasteiger charge is -2.03. The van der Waals surface area contributed by atoms with Gasteiger partial charge in [0, 0.05) is 0 Å². The molecule has 2 aromatic carbocycles. The Morgan fingerprint density at radius 2 is 1.85 bits per heavy atom. The van der Waals surface area contributed by atoms with E-state index in [0.717, 1.165) is 5.56 Å². The summed E-state index contributed by atoms with van der Waals surface area (Å²) in [7, 11) is -3.70. The fourth-order valence-corrected chi connectivity index (χ4v) is 2.32. The molecule has 6 heteroatoms. The zero-order valence-electron chi connectivity index (χ0n) is 10.7. The van der Waals surface area contributed by atoms with E-state index in [4.69, 9.17) is 0 Å². The van der Waals surface area contributed by atoms with Crippen molar-refractivity contribution in [1.29, 1.82) is 0 Å². The van der Waals surface area contributed by atoms with Crippen molar-refractivity contribution in [2.75, 3.05) is 0 Å². The molecule has 0 bridgehead atoms. The highest BCUT2D eigenvalue weighted by Gasteiger charge is 2.11. The number of hydrazone groups is 1. The quantitative estimate of drug-likeness (QED) is 0.695. The fourth-order valence-electron chi connectivity index (χ4n) is 1.53. The first-order chi connectivity index (χ1) is 9.47. The van der Waals surface area contributed by atoms with Crippen LogP contribution in [0.1, 0.15) is 11.1 Å². The van der Waals surface area contributed by atoms with E-state index >= 15 is 0 Å². The van der Waals surface area contributed by atoms with Gasteiger partial charge in [-0.05, 0) is 36.8 Å². The second kappa shape index (κ2) is 5.83. The summed E-state index contributed by atoms with van der Waals surface area (Å²) in [5, 5.41) is 3.62. The molecular weight excluding hydrogens is 279 g/mol. The van der Waals surface area contributed by atoms with Crippen LogP contribution in [0.2, 0.25) is 0 Å². The number of hydrogen-bond donors (Lipinski definition) is 1. The van der Waals surface area contributed by atoms with Crippen LogP contribution < -0.4 is 4.83 Å². The van der Waals surface area contributed by atoms with Crippen LogP contribution in [0.15, 0.2) is 58.5 Å². The monoisotopic (exact) mass is 292 g/mol. The van der Waals surface area contributed by atoms with Crippen LogP contribution in [0.3, 0.4) is 0 Å². The Hall–Kier alpha value is -2.21. The van der Waals surface area contributed by atoms with Crippen molar-refractivity contribution in [3.8, 4) is 0 Å². The standard InChI is InChI=1S/C14H13FN2O2S/c1-11-5-7-14(8-6-11)20(18,19)17-16-10-12-3-2-4-13(15)9-12/h2-10,17H,1H3/b16-10-. The zero-order chi connectivity index (χ0) is 14.6. The largest absolute Gasteiger partial charge is 0.276 e. The Kier molecular flexibility index (Phi) is 4.14. The molecule has 2 rings (SSSR count). The van der Waals surface area contributed by atoms with Gasteiger partial charge in [0.05, 0.1) is 11.1 Å². The molecule has 2 aromatic rings. The number of rotatable bonds is 4. The second-order valence-electron chi connectivity index (χ2n) is 4.22. The number of hydrogen-bond acceptors (Lipinski definition) is 3. The fraction of sp³-hybridized carbons (Fsp3) is 0.0714. The summed E-state index contributed by atoms with van der Waals surface area (Å²) in [6.07, 6.45) is 1.24. The van der Waals surface area contributed by atoms with Gasteiger partial charge in [0.1, 0.15) is 5.82 Å². The van der Waals surface area contributed by atoms with Crippen LogP contribution in [0.4, 0.5) is 4.39 Å². The SMILES string of the molecule is Cc1ccc(S(=O)(=O)N/N=C\c2cccc(F)c2)cc1. The summed E-state index contributed by atoms with van der Waals surface area (Å²) in [4.78, 5) is 2.21. The van der Waals surface area contributed by atoms with Crippen molar-refractivity contribution in [3.05, 3.63) is 65.5 Å². The van der Waals surface area contributed by atoms with E-state index in [2.05, 4.69) is 9.93 Å². The Balaban J connectivity index is 2.11. The number of nitrogens with one attached hydrogen (secondary N) is 1. The molecule has 0 aromatic heterocycles. The van der Waals surface area contributed by atoms with Crippen LogP contribution in [0, 0.1) is 12.7 Å². The molecule has 0 aliphatic rings. The number of halogens is 1. The molecule has 0 spiro atoms. The maximum absolute atomic E-state index is 12.9. The van der Waals surface area contributed by atoms with E-state index in [-0.39, 0.29) is 4.90 Å². The lowest BCUT2D eigenvalue weighted by atomic mass is 10.2. The molecule has 0 atom stereocenters. The summed E-state index contributed by atoms with van der Waals surface area (Å²) in [5.74, 6) is -0.407. The molecule has 1 N–H and O–H groups in total. The average molecular weight is 292 g/mol. The van der Waals surface area contributed by atoms with Gasteiger partial charge in [-0.1, -0.05) is 29.8 Å². The highest BCUT2D eigenvalue weighted by atomic mass is 32.2. The van der Waals surface area contributed by atoms with Crippen molar-refractivity contribution in [2.45, 2.75) is 11.8 Å². The maximum Gasteiger partial charge on any atom is 0.276 e. The Morgan fingerprint density at radius 3 is 2.50 bits per heavy atom. The molecule has 0 radical (unpaired) electrons. The van der Waals surface area contributed by atoms with Gasteiger partial charge in [0.15, 0.2) is 0 Å². The first kappa shape index (κ1) is 14.2. The Labute approximate surface area is 117 Å². The second-order valence-corrected chi connectivity index (χ2v) is 5.88. The summed E-state index contributed by atoms with van der Waals surface area (Å²) in [5.41, 5.74) is 1.43. The minimum Gasteiger partial charge on any atom is -0.207 e. The van der Waals surface area contributed by atoms with E-state index in [1.807, 2.05) is 6.92 Å². The highest BCUT2D eigenvalue weighted by molar-refractivity contribution is 7.89. The number of aryl methyl sites for hydroxylation is 1. The van der Waals surface area contributed by atoms with Crippen LogP contribution in [0.5, 0.6) is 0 Å². The van der Waals surface area contributed by atoms with Crippen molar-refractivity contribution >= 4 is 16.2 Å². The summed E-state index contributed by atoms with van der Waals surface area (Å²) in [6, 6.07) is 12.1. The summed E-state index contributed by atoms with van der Waals surface area (Å²) >= 11 is 0.